The van der Waals surface area contributed by atoms with Gasteiger partial charge in [-0.05, 0) is 115 Å². The van der Waals surface area contributed by atoms with E-state index in [1.807, 2.05) is 0 Å². The molecule has 2 aromatic carbocycles. The molecule has 2 aliphatic heterocycles. The van der Waals surface area contributed by atoms with E-state index in [0.29, 0.717) is 44.3 Å². The number of aromatic amines is 2. The van der Waals surface area contributed by atoms with Gasteiger partial charge in [0.2, 0.25) is 23.6 Å². The predicted octanol–water partition coefficient (Wildman–Crippen LogP) is 1.86. The zero-order valence-corrected chi connectivity index (χ0v) is 36.5. The van der Waals surface area contributed by atoms with E-state index in [4.69, 9.17) is 9.47 Å². The third kappa shape index (κ3) is 9.65. The number of carbonyl (C=O) groups is 4. The highest BCUT2D eigenvalue weighted by atomic mass is 19.1. The Morgan fingerprint density at radius 2 is 1.06 bits per heavy atom. The van der Waals surface area contributed by atoms with Crippen LogP contribution in [-0.2, 0) is 41.5 Å². The number of carbonyl (C=O) groups excluding carboxylic acids is 4. The Morgan fingerprint density at radius 1 is 0.694 bits per heavy atom. The molecule has 16 nitrogen and oxygen atoms in total. The van der Waals surface area contributed by atoms with Crippen LogP contribution in [0.2, 0.25) is 0 Å². The van der Waals surface area contributed by atoms with Crippen LogP contribution < -0.4 is 21.3 Å². The van der Waals surface area contributed by atoms with Gasteiger partial charge in [-0.3, -0.25) is 19.2 Å². The van der Waals surface area contributed by atoms with Gasteiger partial charge < -0.3 is 60.7 Å². The smallest absolute Gasteiger partial charge is 0.248 e. The maximum Gasteiger partial charge on any atom is 0.248 e. The van der Waals surface area contributed by atoms with Gasteiger partial charge in [-0.1, -0.05) is 0 Å². The zero-order chi connectivity index (χ0) is 45.2. The second-order valence-electron chi connectivity index (χ2n) is 16.7. The zero-order valence-electron chi connectivity index (χ0n) is 36.5. The Kier molecular flexibility index (Phi) is 14.7. The van der Waals surface area contributed by atoms with Crippen molar-refractivity contribution < 1.29 is 47.6 Å². The van der Waals surface area contributed by atoms with Gasteiger partial charge in [0, 0.05) is 61.2 Å². The number of β-amino-alcohol motifs (C(OH)–C–C–N with tert-alkyl or cyclic N) is 2. The van der Waals surface area contributed by atoms with Crippen LogP contribution in [0.3, 0.4) is 0 Å². The second-order valence-corrected chi connectivity index (χ2v) is 16.7. The van der Waals surface area contributed by atoms with Crippen molar-refractivity contribution >= 4 is 45.4 Å². The lowest BCUT2D eigenvalue weighted by Crippen LogP contribution is -2.58. The Morgan fingerprint density at radius 3 is 1.40 bits per heavy atom. The molecular formula is C44H60F2N8O8. The van der Waals surface area contributed by atoms with Crippen molar-refractivity contribution in [3.05, 3.63) is 59.2 Å². The van der Waals surface area contributed by atoms with E-state index in [2.05, 4.69) is 31.2 Å². The predicted molar refractivity (Wildman–Crippen MR) is 229 cm³/mol. The summed E-state index contributed by atoms with van der Waals surface area (Å²) < 4.78 is 40.8. The molecule has 2 aliphatic rings. The molecule has 338 valence electrons. The minimum absolute atomic E-state index is 0.00198. The maximum absolute atomic E-state index is 14.9. The first-order valence-corrected chi connectivity index (χ1v) is 21.1. The summed E-state index contributed by atoms with van der Waals surface area (Å²) in [6.07, 6.45) is -2.37. The molecule has 10 atom stereocenters. The van der Waals surface area contributed by atoms with E-state index < -0.39 is 95.9 Å². The number of nitrogens with one attached hydrogen (secondary N) is 6. The topological polar surface area (TPSA) is 213 Å². The van der Waals surface area contributed by atoms with Gasteiger partial charge in [-0.25, -0.2) is 8.78 Å². The van der Waals surface area contributed by atoms with Gasteiger partial charge >= 0.3 is 0 Å². The second kappa shape index (κ2) is 19.6. The molecule has 0 bridgehead atoms. The number of nitrogens with zero attached hydrogens (tertiary/aromatic N) is 2. The Bertz CT molecular complexity index is 2110. The van der Waals surface area contributed by atoms with Crippen LogP contribution >= 0.6 is 0 Å². The van der Waals surface area contributed by atoms with E-state index in [9.17, 15) is 38.2 Å². The third-order valence-corrected chi connectivity index (χ3v) is 12.7. The Labute approximate surface area is 359 Å². The van der Waals surface area contributed by atoms with Crippen LogP contribution in [0.5, 0.6) is 0 Å². The molecular weight excluding hydrogens is 807 g/mol. The molecule has 2 fully saturated rings. The van der Waals surface area contributed by atoms with E-state index in [1.165, 1.54) is 38.5 Å². The Hall–Kier alpha value is -4.98. The van der Waals surface area contributed by atoms with Gasteiger partial charge in [-0.2, -0.15) is 0 Å². The number of aliphatic hydroxyl groups is 2. The molecule has 4 amide bonds. The quantitative estimate of drug-likeness (QED) is 0.0772. The number of hydrogen-bond acceptors (Lipinski definition) is 10. The molecule has 0 radical (unpaired) electrons. The molecule has 4 heterocycles. The van der Waals surface area contributed by atoms with E-state index >= 15 is 0 Å². The van der Waals surface area contributed by atoms with Crippen molar-refractivity contribution in [3.8, 4) is 11.4 Å². The molecule has 6 rings (SSSR count). The number of likely N-dealkylation sites (tertiary alicyclic amines) is 2. The van der Waals surface area contributed by atoms with Crippen molar-refractivity contribution in [2.45, 2.75) is 114 Å². The van der Waals surface area contributed by atoms with E-state index in [-0.39, 0.29) is 38.8 Å². The lowest BCUT2D eigenvalue weighted by Gasteiger charge is -2.32. The van der Waals surface area contributed by atoms with E-state index in [1.54, 1.807) is 63.7 Å². The largest absolute Gasteiger partial charge is 0.391 e. The summed E-state index contributed by atoms with van der Waals surface area (Å²) in [6, 6.07) is 4.20. The molecule has 0 aliphatic carbocycles. The SMILES string of the molecule is CN[C@@H](C)C(=O)N[C@@H](C(=O)N1C[C@@H](O)C[C@H]1Cc1c(-c2[nH]c3cc(F)ccc3c2C[C@H]2C[C@H](O)CN2C(=O)[C@H](NC(=O)[C@H](C)NC)[C@@H](C)OC)[nH]c2cc(F)ccc12)[C@@H](C)OC. The highest BCUT2D eigenvalue weighted by Crippen LogP contribution is 2.40. The number of H-pyrrole nitrogens is 2. The van der Waals surface area contributed by atoms with Crippen molar-refractivity contribution in [2.75, 3.05) is 41.4 Å². The molecule has 2 aromatic heterocycles. The number of methoxy groups -OCH3 is 2. The number of ether oxygens (including phenoxy) is 2. The van der Waals surface area contributed by atoms with E-state index in [0.717, 1.165) is 0 Å². The summed E-state index contributed by atoms with van der Waals surface area (Å²) in [5.41, 5.74) is 3.34. The van der Waals surface area contributed by atoms with Gasteiger partial charge in [0.25, 0.3) is 0 Å². The first-order valence-electron chi connectivity index (χ1n) is 21.1. The lowest BCUT2D eigenvalue weighted by molar-refractivity contribution is -0.141. The summed E-state index contributed by atoms with van der Waals surface area (Å²) in [5, 5.41) is 34.8. The number of benzene rings is 2. The minimum Gasteiger partial charge on any atom is -0.391 e. The summed E-state index contributed by atoms with van der Waals surface area (Å²) in [4.78, 5) is 64.7. The van der Waals surface area contributed by atoms with Gasteiger partial charge in [0.1, 0.15) is 23.7 Å². The van der Waals surface area contributed by atoms with Crippen molar-refractivity contribution in [1.29, 1.82) is 0 Å². The normalized spacial score (nSPS) is 22.1. The summed E-state index contributed by atoms with van der Waals surface area (Å²) in [5.74, 6) is -2.65. The van der Waals surface area contributed by atoms with Crippen LogP contribution in [-0.4, -0.2) is 156 Å². The fourth-order valence-corrected chi connectivity index (χ4v) is 8.70. The highest BCUT2D eigenvalue weighted by Gasteiger charge is 2.43. The van der Waals surface area contributed by atoms with Gasteiger partial charge in [0.15, 0.2) is 0 Å². The molecule has 62 heavy (non-hydrogen) atoms. The molecule has 4 aromatic rings. The standard InChI is InChI=1S/C44H60F2N8O8/c1-21(47-5)41(57)51-37(23(3)61-7)43(59)53-19-29(55)15-27(53)17-33-31-11-9-25(45)13-35(31)49-39(33)40-34(32-12-10-26(46)14-36(32)50-40)18-28-16-30(56)20-54(28)44(60)38(24(4)62-8)52-42(58)22(2)48-6/h9-14,21-24,27-30,37-38,47-50,55-56H,15-20H2,1-8H3,(H,51,57)(H,52,58)/t21-,22-,23+,24+,27-,28+,29-,30-,37+,38+/m0/s1. The van der Waals surface area contributed by atoms with Gasteiger partial charge in [-0.15, -0.1) is 0 Å². The number of halogens is 2. The summed E-state index contributed by atoms with van der Waals surface area (Å²) in [7, 11) is 6.15. The number of aromatic nitrogens is 2. The number of amides is 4. The van der Waals surface area contributed by atoms with Crippen LogP contribution in [0.1, 0.15) is 51.7 Å². The Balaban J connectivity index is 1.42. The van der Waals surface area contributed by atoms with Crippen LogP contribution in [0.4, 0.5) is 8.78 Å². The maximum atomic E-state index is 14.9. The fraction of sp³-hybridized carbons (Fsp3) is 0.545. The molecule has 18 heteroatoms. The summed E-state index contributed by atoms with van der Waals surface area (Å²) in [6.45, 7) is 6.69. The van der Waals surface area contributed by atoms with Crippen LogP contribution in [0, 0.1) is 11.6 Å². The number of fused-ring (bicyclic) bond motifs is 2. The van der Waals surface area contributed by atoms with Crippen LogP contribution in [0.25, 0.3) is 33.2 Å². The fourth-order valence-electron chi connectivity index (χ4n) is 8.70. The molecule has 2 saturated heterocycles. The molecule has 0 spiro atoms. The number of rotatable bonds is 17. The highest BCUT2D eigenvalue weighted by molar-refractivity contribution is 5.97. The first-order chi connectivity index (χ1) is 29.5. The number of likely N-dealkylation sites (N-methyl/N-ethyl adjacent to an activating group) is 2. The van der Waals surface area contributed by atoms with Crippen molar-refractivity contribution in [2.24, 2.45) is 0 Å². The molecule has 0 saturated carbocycles. The summed E-state index contributed by atoms with van der Waals surface area (Å²) >= 11 is 0. The van der Waals surface area contributed by atoms with Gasteiger partial charge in [0.05, 0.1) is 47.9 Å². The van der Waals surface area contributed by atoms with Crippen molar-refractivity contribution in [3.63, 3.8) is 0 Å². The average Bonchev–Trinajstić information content (AvgIpc) is 4.02. The first kappa shape index (κ1) is 46.5. The minimum atomic E-state index is -1.07. The molecule has 8 N–H and O–H groups in total. The monoisotopic (exact) mass is 866 g/mol. The van der Waals surface area contributed by atoms with Crippen LogP contribution in [0.15, 0.2) is 36.4 Å². The average molecular weight is 867 g/mol. The van der Waals surface area contributed by atoms with Crippen molar-refractivity contribution in [1.82, 2.24) is 41.0 Å². The molecule has 0 unspecified atom stereocenters. The number of hydrogen-bond donors (Lipinski definition) is 8. The third-order valence-electron chi connectivity index (χ3n) is 12.7. The number of aliphatic hydroxyl groups excluding tert-OH is 2. The lowest BCUT2D eigenvalue weighted by atomic mass is 9.94.